The van der Waals surface area contributed by atoms with E-state index in [0.717, 1.165) is 13.0 Å². The van der Waals surface area contributed by atoms with E-state index in [0.29, 0.717) is 6.04 Å². The van der Waals surface area contributed by atoms with Gasteiger partial charge in [0, 0.05) is 25.0 Å². The Bertz CT molecular complexity index is 479. The molecule has 0 radical (unpaired) electrons. The Hall–Kier alpha value is -1.67. The normalized spacial score (nSPS) is 12.3. The van der Waals surface area contributed by atoms with Gasteiger partial charge in [-0.1, -0.05) is 43.3 Å². The van der Waals surface area contributed by atoms with Crippen LogP contribution < -0.4 is 5.32 Å². The van der Waals surface area contributed by atoms with Crippen LogP contribution in [0.3, 0.4) is 0 Å². The minimum atomic E-state index is 0.409. The molecular formula is C16H20N2. The Morgan fingerprint density at radius 3 is 2.61 bits per heavy atom. The van der Waals surface area contributed by atoms with E-state index >= 15 is 0 Å². The van der Waals surface area contributed by atoms with Crippen LogP contribution in [0.2, 0.25) is 0 Å². The topological polar surface area (TPSA) is 24.9 Å². The van der Waals surface area contributed by atoms with E-state index in [1.165, 1.54) is 16.7 Å². The van der Waals surface area contributed by atoms with Gasteiger partial charge in [0.15, 0.2) is 0 Å². The lowest BCUT2D eigenvalue weighted by Gasteiger charge is -2.17. The van der Waals surface area contributed by atoms with Crippen molar-refractivity contribution in [2.45, 2.75) is 32.9 Å². The molecule has 1 aromatic carbocycles. The average molecular weight is 240 g/mol. The highest BCUT2D eigenvalue weighted by atomic mass is 14.9. The van der Waals surface area contributed by atoms with Gasteiger partial charge in [0.25, 0.3) is 0 Å². The Morgan fingerprint density at radius 1 is 1.17 bits per heavy atom. The molecule has 1 atom stereocenters. The zero-order valence-electron chi connectivity index (χ0n) is 11.1. The van der Waals surface area contributed by atoms with Crippen LogP contribution in [0.15, 0.2) is 48.8 Å². The van der Waals surface area contributed by atoms with Crippen molar-refractivity contribution < 1.29 is 0 Å². The summed E-state index contributed by atoms with van der Waals surface area (Å²) in [4.78, 5) is 4.22. The van der Waals surface area contributed by atoms with Gasteiger partial charge >= 0.3 is 0 Å². The molecule has 0 spiro atoms. The third-order valence-electron chi connectivity index (χ3n) is 3.09. The minimum Gasteiger partial charge on any atom is -0.306 e. The van der Waals surface area contributed by atoms with Gasteiger partial charge in [0.05, 0.1) is 0 Å². The van der Waals surface area contributed by atoms with Crippen molar-refractivity contribution in [2.24, 2.45) is 0 Å². The van der Waals surface area contributed by atoms with Crippen molar-refractivity contribution in [3.63, 3.8) is 0 Å². The SMILES string of the molecule is CCC(NCc1cncc(C)c1)c1ccccc1. The number of hydrogen-bond acceptors (Lipinski definition) is 2. The lowest BCUT2D eigenvalue weighted by atomic mass is 10.0. The molecule has 1 heterocycles. The maximum Gasteiger partial charge on any atom is 0.0320 e. The summed E-state index contributed by atoms with van der Waals surface area (Å²) in [5.74, 6) is 0. The Labute approximate surface area is 109 Å². The number of nitrogens with zero attached hydrogens (tertiary/aromatic N) is 1. The summed E-state index contributed by atoms with van der Waals surface area (Å²) in [5, 5.41) is 3.59. The van der Waals surface area contributed by atoms with Gasteiger partial charge in [0.1, 0.15) is 0 Å². The maximum absolute atomic E-state index is 4.22. The molecule has 0 aliphatic heterocycles. The second-order valence-corrected chi connectivity index (χ2v) is 4.62. The molecule has 1 aromatic heterocycles. The lowest BCUT2D eigenvalue weighted by molar-refractivity contribution is 0.518. The quantitative estimate of drug-likeness (QED) is 0.863. The highest BCUT2D eigenvalue weighted by Crippen LogP contribution is 2.16. The second kappa shape index (κ2) is 6.31. The molecule has 94 valence electrons. The second-order valence-electron chi connectivity index (χ2n) is 4.62. The average Bonchev–Trinajstić information content (AvgIpc) is 2.41. The van der Waals surface area contributed by atoms with Crippen LogP contribution in [-0.4, -0.2) is 4.98 Å². The summed E-state index contributed by atoms with van der Waals surface area (Å²) in [5.41, 5.74) is 3.80. The molecule has 0 saturated heterocycles. The monoisotopic (exact) mass is 240 g/mol. The molecule has 2 nitrogen and oxygen atoms in total. The molecule has 0 aliphatic carbocycles. The van der Waals surface area contributed by atoms with Crippen LogP contribution >= 0.6 is 0 Å². The van der Waals surface area contributed by atoms with Crippen molar-refractivity contribution in [3.8, 4) is 0 Å². The van der Waals surface area contributed by atoms with Crippen LogP contribution in [-0.2, 0) is 6.54 Å². The van der Waals surface area contributed by atoms with Gasteiger partial charge < -0.3 is 5.32 Å². The molecule has 18 heavy (non-hydrogen) atoms. The number of rotatable bonds is 5. The van der Waals surface area contributed by atoms with Crippen LogP contribution in [0.1, 0.15) is 36.1 Å². The molecule has 0 bridgehead atoms. The molecule has 0 amide bonds. The van der Waals surface area contributed by atoms with Gasteiger partial charge in [-0.3, -0.25) is 4.98 Å². The van der Waals surface area contributed by atoms with E-state index in [9.17, 15) is 0 Å². The summed E-state index contributed by atoms with van der Waals surface area (Å²) in [6.45, 7) is 5.15. The fourth-order valence-electron chi connectivity index (χ4n) is 2.14. The third kappa shape index (κ3) is 3.41. The number of aromatic nitrogens is 1. The van der Waals surface area contributed by atoms with Gasteiger partial charge in [-0.05, 0) is 30.0 Å². The number of pyridine rings is 1. The fourth-order valence-corrected chi connectivity index (χ4v) is 2.14. The van der Waals surface area contributed by atoms with E-state index in [-0.39, 0.29) is 0 Å². The first-order valence-electron chi connectivity index (χ1n) is 6.48. The smallest absolute Gasteiger partial charge is 0.0320 e. The first-order chi connectivity index (χ1) is 8.79. The first-order valence-corrected chi connectivity index (χ1v) is 6.48. The highest BCUT2D eigenvalue weighted by Gasteiger charge is 2.07. The zero-order chi connectivity index (χ0) is 12.8. The van der Waals surface area contributed by atoms with Crippen molar-refractivity contribution in [1.29, 1.82) is 0 Å². The number of benzene rings is 1. The summed E-state index contributed by atoms with van der Waals surface area (Å²) in [6, 6.07) is 13.2. The zero-order valence-corrected chi connectivity index (χ0v) is 11.1. The molecule has 0 aliphatic rings. The van der Waals surface area contributed by atoms with E-state index in [1.54, 1.807) is 0 Å². The standard InChI is InChI=1S/C16H20N2/c1-3-16(15-7-5-4-6-8-15)18-12-14-9-13(2)10-17-11-14/h4-11,16,18H,3,12H2,1-2H3. The van der Waals surface area contributed by atoms with Crippen LogP contribution in [0.5, 0.6) is 0 Å². The van der Waals surface area contributed by atoms with Crippen molar-refractivity contribution in [1.82, 2.24) is 10.3 Å². The third-order valence-corrected chi connectivity index (χ3v) is 3.09. The summed E-state index contributed by atoms with van der Waals surface area (Å²) < 4.78 is 0. The van der Waals surface area contributed by atoms with Gasteiger partial charge in [-0.25, -0.2) is 0 Å². The molecule has 1 N–H and O–H groups in total. The fraction of sp³-hybridized carbons (Fsp3) is 0.312. The summed E-state index contributed by atoms with van der Waals surface area (Å²) in [6.07, 6.45) is 4.90. The van der Waals surface area contributed by atoms with Crippen LogP contribution in [0.4, 0.5) is 0 Å². The molecule has 2 aromatic rings. The maximum atomic E-state index is 4.22. The molecule has 1 unspecified atom stereocenters. The first kappa shape index (κ1) is 12.8. The van der Waals surface area contributed by atoms with Crippen molar-refractivity contribution in [3.05, 3.63) is 65.5 Å². The van der Waals surface area contributed by atoms with Gasteiger partial charge in [-0.15, -0.1) is 0 Å². The number of hydrogen-bond donors (Lipinski definition) is 1. The Morgan fingerprint density at radius 2 is 1.94 bits per heavy atom. The predicted molar refractivity (Wildman–Crippen MR) is 75.3 cm³/mol. The largest absolute Gasteiger partial charge is 0.306 e. The highest BCUT2D eigenvalue weighted by molar-refractivity contribution is 5.20. The van der Waals surface area contributed by atoms with E-state index in [2.05, 4.69) is 60.5 Å². The molecule has 2 rings (SSSR count). The van der Waals surface area contributed by atoms with Crippen molar-refractivity contribution >= 4 is 0 Å². The summed E-state index contributed by atoms with van der Waals surface area (Å²) in [7, 11) is 0. The van der Waals surface area contributed by atoms with E-state index < -0.39 is 0 Å². The predicted octanol–water partition coefficient (Wildman–Crippen LogP) is 3.63. The van der Waals surface area contributed by atoms with Gasteiger partial charge in [0.2, 0.25) is 0 Å². The van der Waals surface area contributed by atoms with E-state index in [1.807, 2.05) is 12.4 Å². The minimum absolute atomic E-state index is 0.409. The molecular weight excluding hydrogens is 220 g/mol. The molecule has 2 heteroatoms. The molecule has 0 saturated carbocycles. The number of nitrogens with one attached hydrogen (secondary N) is 1. The summed E-state index contributed by atoms with van der Waals surface area (Å²) >= 11 is 0. The number of aryl methyl sites for hydroxylation is 1. The molecule has 0 fully saturated rings. The Kier molecular flexibility index (Phi) is 4.48. The van der Waals surface area contributed by atoms with Crippen molar-refractivity contribution in [2.75, 3.05) is 0 Å². The van der Waals surface area contributed by atoms with Crippen LogP contribution in [0.25, 0.3) is 0 Å². The van der Waals surface area contributed by atoms with Crippen LogP contribution in [0, 0.1) is 6.92 Å². The Balaban J connectivity index is 2.00. The van der Waals surface area contributed by atoms with Gasteiger partial charge in [-0.2, -0.15) is 0 Å². The van der Waals surface area contributed by atoms with E-state index in [4.69, 9.17) is 0 Å². The lowest BCUT2D eigenvalue weighted by Crippen LogP contribution is -2.20.